The summed E-state index contributed by atoms with van der Waals surface area (Å²) in [5, 5.41) is 17.8. The van der Waals surface area contributed by atoms with Gasteiger partial charge in [0, 0.05) is 12.5 Å². The minimum atomic E-state index is -2.34. The van der Waals surface area contributed by atoms with Crippen LogP contribution >= 0.6 is 0 Å². The Hall–Kier alpha value is -0.870. The Kier molecular flexibility index (Phi) is 3.92. The number of carbonyl (C=O) groups is 1. The number of carbonyl (C=O) groups excluding carboxylic acids is 1. The zero-order valence-corrected chi connectivity index (χ0v) is 7.50. The van der Waals surface area contributed by atoms with Crippen molar-refractivity contribution in [3.63, 3.8) is 0 Å². The third-order valence-electron chi connectivity index (χ3n) is 1.13. The minimum Gasteiger partial charge on any atom is -0.405 e. The van der Waals surface area contributed by atoms with E-state index in [-0.39, 0.29) is 6.42 Å². The number of allylic oxidation sites excluding steroid dienone is 1. The quantitative estimate of drug-likeness (QED) is 0.372. The summed E-state index contributed by atoms with van der Waals surface area (Å²) in [6, 6.07) is 0. The van der Waals surface area contributed by atoms with Crippen LogP contribution in [0.4, 0.5) is 0 Å². The molecule has 0 aromatic heterocycles. The molecule has 0 heterocycles. The van der Waals surface area contributed by atoms with Gasteiger partial charge in [0.2, 0.25) is 0 Å². The van der Waals surface area contributed by atoms with Gasteiger partial charge in [0.25, 0.3) is 0 Å². The zero-order valence-electron chi connectivity index (χ0n) is 7.50. The van der Waals surface area contributed by atoms with Crippen LogP contribution in [-0.4, -0.2) is 22.2 Å². The van der Waals surface area contributed by atoms with Gasteiger partial charge in [-0.1, -0.05) is 12.5 Å². The monoisotopic (exact) mass is 174 g/mol. The van der Waals surface area contributed by atoms with Gasteiger partial charge in [0.1, 0.15) is 0 Å². The molecule has 0 amide bonds. The van der Waals surface area contributed by atoms with Crippen molar-refractivity contribution in [3.05, 3.63) is 11.6 Å². The fourth-order valence-electron chi connectivity index (χ4n) is 0.498. The average molecular weight is 174 g/mol. The molecule has 12 heavy (non-hydrogen) atoms. The number of rotatable bonds is 3. The minimum absolute atomic E-state index is 0.0602. The van der Waals surface area contributed by atoms with Gasteiger partial charge in [-0.25, -0.2) is 4.79 Å². The second-order valence-electron chi connectivity index (χ2n) is 2.74. The summed E-state index contributed by atoms with van der Waals surface area (Å²) in [5.74, 6) is -3.09. The van der Waals surface area contributed by atoms with Gasteiger partial charge in [0.15, 0.2) is 0 Å². The lowest BCUT2D eigenvalue weighted by molar-refractivity contribution is -0.317. The molecule has 0 rings (SSSR count). The van der Waals surface area contributed by atoms with Crippen LogP contribution in [0.3, 0.4) is 0 Å². The van der Waals surface area contributed by atoms with Crippen molar-refractivity contribution >= 4 is 5.97 Å². The standard InChI is InChI=1S/C8H14O4/c1-4-8(10,11)12-7(9)5-6(2)3/h5,10-11H,4H2,1-3H3. The summed E-state index contributed by atoms with van der Waals surface area (Å²) in [5.41, 5.74) is 0.743. The van der Waals surface area contributed by atoms with Crippen molar-refractivity contribution in [2.75, 3.05) is 0 Å². The molecule has 0 fully saturated rings. The Morgan fingerprint density at radius 1 is 1.50 bits per heavy atom. The predicted octanol–water partition coefficient (Wildman–Crippen LogP) is 0.544. The molecule has 0 saturated carbocycles. The number of aliphatic hydroxyl groups is 2. The van der Waals surface area contributed by atoms with Gasteiger partial charge in [-0.2, -0.15) is 0 Å². The lowest BCUT2D eigenvalue weighted by atomic mass is 10.3. The van der Waals surface area contributed by atoms with Crippen LogP contribution in [0.5, 0.6) is 0 Å². The molecular formula is C8H14O4. The van der Waals surface area contributed by atoms with E-state index in [2.05, 4.69) is 4.74 Å². The molecule has 4 heteroatoms. The van der Waals surface area contributed by atoms with E-state index in [1.54, 1.807) is 13.8 Å². The van der Waals surface area contributed by atoms with Crippen LogP contribution in [0, 0.1) is 0 Å². The lowest BCUT2D eigenvalue weighted by Gasteiger charge is -2.18. The first-order valence-electron chi connectivity index (χ1n) is 3.70. The Balaban J connectivity index is 4.10. The molecule has 4 nitrogen and oxygen atoms in total. The van der Waals surface area contributed by atoms with Gasteiger partial charge < -0.3 is 14.9 Å². The van der Waals surface area contributed by atoms with E-state index in [0.717, 1.165) is 5.57 Å². The predicted molar refractivity (Wildman–Crippen MR) is 43.0 cm³/mol. The van der Waals surface area contributed by atoms with Gasteiger partial charge in [0.05, 0.1) is 0 Å². The molecule has 0 aliphatic heterocycles. The Labute approximate surface area is 71.5 Å². The van der Waals surface area contributed by atoms with Crippen molar-refractivity contribution in [1.29, 1.82) is 0 Å². The number of esters is 1. The van der Waals surface area contributed by atoms with Crippen LogP contribution in [-0.2, 0) is 9.53 Å². The number of hydrogen-bond acceptors (Lipinski definition) is 4. The summed E-state index contributed by atoms with van der Waals surface area (Å²) in [4.78, 5) is 10.8. The summed E-state index contributed by atoms with van der Waals surface area (Å²) < 4.78 is 4.29. The largest absolute Gasteiger partial charge is 0.405 e. The van der Waals surface area contributed by atoms with E-state index >= 15 is 0 Å². The van der Waals surface area contributed by atoms with Crippen LogP contribution in [0.1, 0.15) is 27.2 Å². The van der Waals surface area contributed by atoms with Crippen LogP contribution in [0.25, 0.3) is 0 Å². The third-order valence-corrected chi connectivity index (χ3v) is 1.13. The molecule has 0 atom stereocenters. The van der Waals surface area contributed by atoms with Crippen molar-refractivity contribution in [2.24, 2.45) is 0 Å². The Morgan fingerprint density at radius 3 is 2.33 bits per heavy atom. The zero-order chi connectivity index (χ0) is 9.78. The summed E-state index contributed by atoms with van der Waals surface area (Å²) in [6.07, 6.45) is 1.13. The normalized spacial score (nSPS) is 10.8. The van der Waals surface area contributed by atoms with Gasteiger partial charge in [-0.15, -0.1) is 0 Å². The highest BCUT2D eigenvalue weighted by molar-refractivity contribution is 5.82. The molecule has 0 radical (unpaired) electrons. The van der Waals surface area contributed by atoms with Crippen molar-refractivity contribution in [1.82, 2.24) is 0 Å². The van der Waals surface area contributed by atoms with Gasteiger partial charge in [-0.3, -0.25) is 0 Å². The number of ether oxygens (including phenoxy) is 1. The number of hydrogen-bond donors (Lipinski definition) is 2. The van der Waals surface area contributed by atoms with Crippen molar-refractivity contribution in [3.8, 4) is 0 Å². The summed E-state index contributed by atoms with van der Waals surface area (Å²) in [7, 11) is 0. The maximum absolute atomic E-state index is 10.8. The molecule has 0 spiro atoms. The lowest BCUT2D eigenvalue weighted by Crippen LogP contribution is -2.33. The topological polar surface area (TPSA) is 66.8 Å². The summed E-state index contributed by atoms with van der Waals surface area (Å²) >= 11 is 0. The first-order chi connectivity index (χ1) is 5.37. The second kappa shape index (κ2) is 4.23. The van der Waals surface area contributed by atoms with Crippen LogP contribution in [0.2, 0.25) is 0 Å². The Morgan fingerprint density at radius 2 is 2.00 bits per heavy atom. The molecule has 70 valence electrons. The van der Waals surface area contributed by atoms with Crippen LogP contribution < -0.4 is 0 Å². The van der Waals surface area contributed by atoms with Crippen molar-refractivity contribution < 1.29 is 19.7 Å². The highest BCUT2D eigenvalue weighted by Crippen LogP contribution is 2.07. The van der Waals surface area contributed by atoms with Gasteiger partial charge >= 0.3 is 11.9 Å². The first-order valence-corrected chi connectivity index (χ1v) is 3.70. The molecule has 0 unspecified atom stereocenters. The fraction of sp³-hybridized carbons (Fsp3) is 0.625. The summed E-state index contributed by atoms with van der Waals surface area (Å²) in [6.45, 7) is 4.92. The smallest absolute Gasteiger partial charge is 0.334 e. The third kappa shape index (κ3) is 4.87. The maximum atomic E-state index is 10.8. The molecule has 0 aromatic rings. The Bertz CT molecular complexity index is 189. The molecular weight excluding hydrogens is 160 g/mol. The van der Waals surface area contributed by atoms with E-state index in [4.69, 9.17) is 10.2 Å². The van der Waals surface area contributed by atoms with Crippen molar-refractivity contribution in [2.45, 2.75) is 33.2 Å². The fourth-order valence-corrected chi connectivity index (χ4v) is 0.498. The van der Waals surface area contributed by atoms with E-state index < -0.39 is 11.9 Å². The first kappa shape index (κ1) is 11.1. The molecule has 0 bridgehead atoms. The van der Waals surface area contributed by atoms with E-state index in [1.165, 1.54) is 13.0 Å². The average Bonchev–Trinajstić information content (AvgIpc) is 1.84. The molecule has 0 aromatic carbocycles. The van der Waals surface area contributed by atoms with Crippen LogP contribution in [0.15, 0.2) is 11.6 Å². The highest BCUT2D eigenvalue weighted by atomic mass is 16.8. The van der Waals surface area contributed by atoms with E-state index in [9.17, 15) is 4.79 Å². The van der Waals surface area contributed by atoms with Gasteiger partial charge in [-0.05, 0) is 13.8 Å². The van der Waals surface area contributed by atoms with E-state index in [1.807, 2.05) is 0 Å². The second-order valence-corrected chi connectivity index (χ2v) is 2.74. The highest BCUT2D eigenvalue weighted by Gasteiger charge is 2.24. The molecule has 0 saturated heterocycles. The molecule has 0 aliphatic carbocycles. The SMILES string of the molecule is CCC(O)(O)OC(=O)C=C(C)C. The molecule has 0 aliphatic rings. The molecule has 2 N–H and O–H groups in total. The van der Waals surface area contributed by atoms with E-state index in [0.29, 0.717) is 0 Å². The maximum Gasteiger partial charge on any atom is 0.334 e.